The van der Waals surface area contributed by atoms with E-state index in [2.05, 4.69) is 10.6 Å². The number of likely N-dealkylation sites (N-methyl/N-ethyl adjacent to an activating group) is 1. The van der Waals surface area contributed by atoms with Crippen molar-refractivity contribution in [2.45, 2.75) is 19.9 Å². The molecule has 3 nitrogen and oxygen atoms in total. The van der Waals surface area contributed by atoms with Gasteiger partial charge in [-0.2, -0.15) is 0 Å². The Labute approximate surface area is 118 Å². The van der Waals surface area contributed by atoms with Crippen molar-refractivity contribution in [2.75, 3.05) is 13.1 Å². The molecule has 0 bridgehead atoms. The third kappa shape index (κ3) is 5.21. The average molecular weight is 295 g/mol. The van der Waals surface area contributed by atoms with Gasteiger partial charge in [0.2, 0.25) is 0 Å². The molecular weight excluding hydrogens is 278 g/mol. The predicted molar refractivity (Wildman–Crippen MR) is 74.1 cm³/mol. The Morgan fingerprint density at radius 3 is 2.72 bits per heavy atom. The van der Waals surface area contributed by atoms with Crippen molar-refractivity contribution >= 4 is 29.9 Å². The van der Waals surface area contributed by atoms with E-state index < -0.39 is 11.7 Å². The minimum atomic E-state index is -0.605. The van der Waals surface area contributed by atoms with E-state index in [1.165, 1.54) is 12.1 Å². The molecule has 1 aromatic carbocycles. The fraction of sp³-hybridized carbons (Fsp3) is 0.417. The third-order valence-corrected chi connectivity index (χ3v) is 2.53. The van der Waals surface area contributed by atoms with Crippen LogP contribution in [0, 0.1) is 5.82 Å². The summed E-state index contributed by atoms with van der Waals surface area (Å²) in [7, 11) is 0. The molecule has 18 heavy (non-hydrogen) atoms. The van der Waals surface area contributed by atoms with Gasteiger partial charge in [-0.1, -0.05) is 18.5 Å². The first kappa shape index (κ1) is 17.2. The minimum Gasteiger partial charge on any atom is -0.350 e. The van der Waals surface area contributed by atoms with Gasteiger partial charge in [0.15, 0.2) is 0 Å². The molecule has 102 valence electrons. The molecule has 0 saturated carbocycles. The highest BCUT2D eigenvalue weighted by Crippen LogP contribution is 2.14. The molecule has 0 fully saturated rings. The summed E-state index contributed by atoms with van der Waals surface area (Å²) in [6.07, 6.45) is 0. The summed E-state index contributed by atoms with van der Waals surface area (Å²) in [5, 5.41) is 6.08. The normalized spacial score (nSPS) is 11.6. The van der Waals surface area contributed by atoms with E-state index >= 15 is 0 Å². The Kier molecular flexibility index (Phi) is 7.91. The summed E-state index contributed by atoms with van der Waals surface area (Å²) in [5.41, 5.74) is 0.0121. The zero-order chi connectivity index (χ0) is 12.8. The highest BCUT2D eigenvalue weighted by molar-refractivity contribution is 6.30. The highest BCUT2D eigenvalue weighted by atomic mass is 35.5. The molecular formula is C12H17Cl2FN2O. The van der Waals surface area contributed by atoms with Crippen LogP contribution >= 0.6 is 24.0 Å². The summed E-state index contributed by atoms with van der Waals surface area (Å²) >= 11 is 5.61. The second kappa shape index (κ2) is 8.29. The predicted octanol–water partition coefficient (Wildman–Crippen LogP) is 2.63. The largest absolute Gasteiger partial charge is 0.350 e. The number of hydrogen-bond acceptors (Lipinski definition) is 2. The number of benzene rings is 1. The highest BCUT2D eigenvalue weighted by Gasteiger charge is 2.12. The number of carbonyl (C=O) groups excluding carboxylic acids is 1. The van der Waals surface area contributed by atoms with E-state index in [1.54, 1.807) is 0 Å². The van der Waals surface area contributed by atoms with Crippen LogP contribution in [0.3, 0.4) is 0 Å². The molecule has 0 aliphatic heterocycles. The molecule has 0 radical (unpaired) electrons. The van der Waals surface area contributed by atoms with E-state index in [0.29, 0.717) is 6.54 Å². The number of hydrogen-bond donors (Lipinski definition) is 2. The molecule has 1 rings (SSSR count). The van der Waals surface area contributed by atoms with Gasteiger partial charge in [0.05, 0.1) is 5.56 Å². The second-order valence-electron chi connectivity index (χ2n) is 3.79. The quantitative estimate of drug-likeness (QED) is 0.877. The maximum atomic E-state index is 13.4. The van der Waals surface area contributed by atoms with Gasteiger partial charge in [0, 0.05) is 17.6 Å². The van der Waals surface area contributed by atoms with Crippen molar-refractivity contribution < 1.29 is 9.18 Å². The van der Waals surface area contributed by atoms with Crippen LogP contribution < -0.4 is 10.6 Å². The molecule has 2 N–H and O–H groups in total. The van der Waals surface area contributed by atoms with Crippen molar-refractivity contribution in [2.24, 2.45) is 0 Å². The van der Waals surface area contributed by atoms with Crippen LogP contribution in [0.15, 0.2) is 18.2 Å². The lowest BCUT2D eigenvalue weighted by molar-refractivity contribution is 0.0946. The molecule has 1 atom stereocenters. The standard InChI is InChI=1S/C12H16ClFN2O.ClH/c1-3-15-8(2)7-16-12(17)10-5-4-9(13)6-11(10)14;/h4-6,8,15H,3,7H2,1-2H3,(H,16,17);1H/t8-;/m1./s1. The molecule has 0 aromatic heterocycles. The third-order valence-electron chi connectivity index (χ3n) is 2.30. The van der Waals surface area contributed by atoms with Crippen LogP contribution in [0.2, 0.25) is 5.02 Å². The van der Waals surface area contributed by atoms with Gasteiger partial charge in [0.25, 0.3) is 5.91 Å². The van der Waals surface area contributed by atoms with Crippen LogP contribution in [-0.4, -0.2) is 25.0 Å². The maximum absolute atomic E-state index is 13.4. The number of carbonyl (C=O) groups is 1. The Morgan fingerprint density at radius 1 is 1.50 bits per heavy atom. The monoisotopic (exact) mass is 294 g/mol. The lowest BCUT2D eigenvalue weighted by Crippen LogP contribution is -2.39. The maximum Gasteiger partial charge on any atom is 0.254 e. The minimum absolute atomic E-state index is 0. The van der Waals surface area contributed by atoms with Crippen LogP contribution in [0.1, 0.15) is 24.2 Å². The van der Waals surface area contributed by atoms with Gasteiger partial charge >= 0.3 is 0 Å². The summed E-state index contributed by atoms with van der Waals surface area (Å²) < 4.78 is 13.4. The first-order chi connectivity index (χ1) is 8.04. The Bertz CT molecular complexity index is 402. The molecule has 0 aliphatic carbocycles. The van der Waals surface area contributed by atoms with E-state index in [9.17, 15) is 9.18 Å². The van der Waals surface area contributed by atoms with Crippen molar-refractivity contribution in [3.05, 3.63) is 34.6 Å². The molecule has 1 aromatic rings. The second-order valence-corrected chi connectivity index (χ2v) is 4.23. The lowest BCUT2D eigenvalue weighted by Gasteiger charge is -2.13. The number of halogens is 3. The molecule has 0 spiro atoms. The van der Waals surface area contributed by atoms with E-state index in [-0.39, 0.29) is 29.0 Å². The summed E-state index contributed by atoms with van der Waals surface area (Å²) in [4.78, 5) is 11.7. The van der Waals surface area contributed by atoms with Gasteiger partial charge in [-0.3, -0.25) is 4.79 Å². The van der Waals surface area contributed by atoms with E-state index in [1.807, 2.05) is 13.8 Å². The van der Waals surface area contributed by atoms with Gasteiger partial charge in [-0.05, 0) is 31.7 Å². The van der Waals surface area contributed by atoms with Crippen molar-refractivity contribution in [1.29, 1.82) is 0 Å². The number of nitrogens with one attached hydrogen (secondary N) is 2. The lowest BCUT2D eigenvalue weighted by atomic mass is 10.2. The molecule has 0 saturated heterocycles. The van der Waals surface area contributed by atoms with Crippen molar-refractivity contribution in [1.82, 2.24) is 10.6 Å². The molecule has 1 amide bonds. The molecule has 0 unspecified atom stereocenters. The zero-order valence-corrected chi connectivity index (χ0v) is 11.9. The molecule has 6 heteroatoms. The Hall–Kier alpha value is -0.840. The van der Waals surface area contributed by atoms with Crippen molar-refractivity contribution in [3.8, 4) is 0 Å². The van der Waals surface area contributed by atoms with E-state index in [4.69, 9.17) is 11.6 Å². The SMILES string of the molecule is CCN[C@H](C)CNC(=O)c1ccc(Cl)cc1F.Cl. The molecule has 0 heterocycles. The van der Waals surface area contributed by atoms with Crippen LogP contribution in [0.4, 0.5) is 4.39 Å². The van der Waals surface area contributed by atoms with Gasteiger partial charge in [-0.15, -0.1) is 12.4 Å². The summed E-state index contributed by atoms with van der Waals surface area (Å²) in [6.45, 7) is 5.21. The first-order valence-electron chi connectivity index (χ1n) is 5.51. The summed E-state index contributed by atoms with van der Waals surface area (Å²) in [5.74, 6) is -1.03. The van der Waals surface area contributed by atoms with Crippen LogP contribution in [-0.2, 0) is 0 Å². The van der Waals surface area contributed by atoms with Crippen molar-refractivity contribution in [3.63, 3.8) is 0 Å². The number of amides is 1. The van der Waals surface area contributed by atoms with Crippen LogP contribution in [0.5, 0.6) is 0 Å². The van der Waals surface area contributed by atoms with Gasteiger partial charge < -0.3 is 10.6 Å². The van der Waals surface area contributed by atoms with Gasteiger partial charge in [-0.25, -0.2) is 4.39 Å². The fourth-order valence-corrected chi connectivity index (χ4v) is 1.59. The average Bonchev–Trinajstić information content (AvgIpc) is 2.26. The Balaban J connectivity index is 0.00000289. The van der Waals surface area contributed by atoms with Gasteiger partial charge in [0.1, 0.15) is 5.82 Å². The number of rotatable bonds is 5. The Morgan fingerprint density at radius 2 is 2.17 bits per heavy atom. The topological polar surface area (TPSA) is 41.1 Å². The smallest absolute Gasteiger partial charge is 0.254 e. The van der Waals surface area contributed by atoms with Crippen LogP contribution in [0.25, 0.3) is 0 Å². The molecule has 0 aliphatic rings. The fourth-order valence-electron chi connectivity index (χ4n) is 1.44. The first-order valence-corrected chi connectivity index (χ1v) is 5.89. The zero-order valence-electron chi connectivity index (χ0n) is 10.3. The summed E-state index contributed by atoms with van der Waals surface area (Å²) in [6, 6.07) is 4.15. The van der Waals surface area contributed by atoms with E-state index in [0.717, 1.165) is 12.6 Å².